The number of aromatic nitrogens is 2. The predicted molar refractivity (Wildman–Crippen MR) is 128 cm³/mol. The molecular formula is C25H31N5O2. The van der Waals surface area contributed by atoms with Crippen LogP contribution >= 0.6 is 0 Å². The van der Waals surface area contributed by atoms with E-state index in [-0.39, 0.29) is 16.8 Å². The molecule has 0 radical (unpaired) electrons. The largest absolute Gasteiger partial charge is 0.507 e. The summed E-state index contributed by atoms with van der Waals surface area (Å²) in [5.41, 5.74) is 7.04. The van der Waals surface area contributed by atoms with Gasteiger partial charge in [0.1, 0.15) is 5.75 Å². The third-order valence-electron chi connectivity index (χ3n) is 6.27. The molecule has 1 aromatic heterocycles. The van der Waals surface area contributed by atoms with Gasteiger partial charge in [-0.2, -0.15) is 0 Å². The molecule has 2 aromatic carbocycles. The smallest absolute Gasteiger partial charge is 0.249 e. The van der Waals surface area contributed by atoms with Crippen molar-refractivity contribution >= 4 is 22.5 Å². The van der Waals surface area contributed by atoms with Crippen LogP contribution in [-0.4, -0.2) is 45.4 Å². The summed E-state index contributed by atoms with van der Waals surface area (Å²) in [4.78, 5) is 14.0. The molecule has 4 N–H and O–H groups in total. The first-order valence-electron chi connectivity index (χ1n) is 10.9. The van der Waals surface area contributed by atoms with E-state index in [0.29, 0.717) is 28.2 Å². The van der Waals surface area contributed by atoms with Crippen molar-refractivity contribution in [2.45, 2.75) is 57.7 Å². The van der Waals surface area contributed by atoms with Crippen LogP contribution in [0.3, 0.4) is 0 Å². The molecular weight excluding hydrogens is 402 g/mol. The van der Waals surface area contributed by atoms with Crippen LogP contribution in [0, 0.1) is 0 Å². The molecule has 0 unspecified atom stereocenters. The summed E-state index contributed by atoms with van der Waals surface area (Å²) in [6.07, 6.45) is 2.00. The molecule has 1 amide bonds. The van der Waals surface area contributed by atoms with Crippen LogP contribution in [0.1, 0.15) is 50.9 Å². The average molecular weight is 434 g/mol. The number of aromatic hydroxyl groups is 1. The zero-order chi connectivity index (χ0) is 23.3. The number of nitrogens with zero attached hydrogens (tertiary/aromatic N) is 3. The number of carbonyl (C=O) groups is 1. The van der Waals surface area contributed by atoms with Crippen molar-refractivity contribution in [1.82, 2.24) is 15.5 Å². The zero-order valence-corrected chi connectivity index (χ0v) is 19.3. The number of nitrogens with one attached hydrogen (secondary N) is 1. The van der Waals surface area contributed by atoms with Crippen LogP contribution in [-0.2, 0) is 0 Å². The van der Waals surface area contributed by atoms with Crippen LogP contribution < -0.4 is 16.0 Å². The number of hydrogen-bond acceptors (Lipinski definition) is 6. The quantitative estimate of drug-likeness (QED) is 0.577. The summed E-state index contributed by atoms with van der Waals surface area (Å²) in [7, 11) is 2.05. The number of hydrogen-bond donors (Lipinski definition) is 3. The van der Waals surface area contributed by atoms with Gasteiger partial charge in [0.05, 0.1) is 5.69 Å². The van der Waals surface area contributed by atoms with E-state index >= 15 is 0 Å². The second kappa shape index (κ2) is 7.74. The van der Waals surface area contributed by atoms with E-state index in [2.05, 4.69) is 55.2 Å². The van der Waals surface area contributed by atoms with E-state index in [1.165, 1.54) is 0 Å². The molecule has 1 fully saturated rings. The molecule has 0 atom stereocenters. The van der Waals surface area contributed by atoms with Crippen molar-refractivity contribution in [3.63, 3.8) is 0 Å². The number of rotatable bonds is 4. The second-order valence-electron chi connectivity index (χ2n) is 10.1. The maximum atomic E-state index is 11.8. The number of nitrogens with two attached hydrogens (primary N) is 1. The lowest BCUT2D eigenvalue weighted by molar-refractivity contribution is 0.100. The van der Waals surface area contributed by atoms with Gasteiger partial charge in [0, 0.05) is 35.3 Å². The van der Waals surface area contributed by atoms with Gasteiger partial charge in [-0.3, -0.25) is 4.79 Å². The van der Waals surface area contributed by atoms with E-state index in [9.17, 15) is 9.90 Å². The van der Waals surface area contributed by atoms with Crippen LogP contribution in [0.25, 0.3) is 22.0 Å². The van der Waals surface area contributed by atoms with E-state index in [0.717, 1.165) is 24.0 Å². The maximum Gasteiger partial charge on any atom is 0.249 e. The van der Waals surface area contributed by atoms with Crippen molar-refractivity contribution < 1.29 is 9.90 Å². The predicted octanol–water partition coefficient (Wildman–Crippen LogP) is 3.85. The lowest BCUT2D eigenvalue weighted by atomic mass is 9.79. The minimum Gasteiger partial charge on any atom is -0.507 e. The molecule has 168 valence electrons. The van der Waals surface area contributed by atoms with Crippen LogP contribution in [0.4, 0.5) is 5.82 Å². The number of anilines is 1. The SMILES string of the molecule is CN(c1ccc(-c2cc3c(C(N)=O)cccc3cc2O)nn1)C1CC(C)(C)NC(C)(C)C1. The molecule has 0 spiro atoms. The normalized spacial score (nSPS) is 17.9. The lowest BCUT2D eigenvalue weighted by Crippen LogP contribution is -2.62. The molecule has 0 aliphatic carbocycles. The number of fused-ring (bicyclic) bond motifs is 1. The monoisotopic (exact) mass is 433 g/mol. The number of carbonyl (C=O) groups excluding carboxylic acids is 1. The fourth-order valence-corrected chi connectivity index (χ4v) is 5.12. The Labute approximate surface area is 188 Å². The Hall–Kier alpha value is -3.19. The standard InChI is InChI=1S/C25H31N5O2/c1-24(2)13-16(14-25(3,4)29-24)30(5)22-10-9-20(27-28-22)19-12-18-15(11-21(19)31)7-6-8-17(18)23(26)32/h6-12,16,29,31H,13-14H2,1-5H3,(H2,26,32). The van der Waals surface area contributed by atoms with Crippen LogP contribution in [0.5, 0.6) is 5.75 Å². The third kappa shape index (κ3) is 4.25. The first-order valence-corrected chi connectivity index (χ1v) is 10.9. The van der Waals surface area contributed by atoms with Gasteiger partial charge >= 0.3 is 0 Å². The fourth-order valence-electron chi connectivity index (χ4n) is 5.12. The van der Waals surface area contributed by atoms with E-state index < -0.39 is 5.91 Å². The first kappa shape index (κ1) is 22.0. The Kier molecular flexibility index (Phi) is 5.33. The molecule has 2 heterocycles. The van der Waals surface area contributed by atoms with Crippen molar-refractivity contribution in [2.24, 2.45) is 5.73 Å². The average Bonchev–Trinajstić information content (AvgIpc) is 2.70. The Morgan fingerprint density at radius 1 is 1.09 bits per heavy atom. The van der Waals surface area contributed by atoms with Gasteiger partial charge in [0.2, 0.25) is 5.91 Å². The van der Waals surface area contributed by atoms with Gasteiger partial charge in [-0.25, -0.2) is 0 Å². The minimum absolute atomic E-state index is 0.0308. The van der Waals surface area contributed by atoms with E-state index in [1.54, 1.807) is 24.3 Å². The first-order chi connectivity index (χ1) is 15.0. The number of phenolic OH excluding ortho intramolecular Hbond substituents is 1. The molecule has 4 rings (SSSR count). The molecule has 1 aliphatic rings. The Balaban J connectivity index is 1.65. The van der Waals surface area contributed by atoms with Crippen molar-refractivity contribution in [1.29, 1.82) is 0 Å². The van der Waals surface area contributed by atoms with Crippen LogP contribution in [0.2, 0.25) is 0 Å². The Morgan fingerprint density at radius 2 is 1.78 bits per heavy atom. The maximum absolute atomic E-state index is 11.8. The highest BCUT2D eigenvalue weighted by atomic mass is 16.3. The van der Waals surface area contributed by atoms with Crippen molar-refractivity contribution in [3.05, 3.63) is 48.0 Å². The van der Waals surface area contributed by atoms with E-state index in [4.69, 9.17) is 5.73 Å². The number of amides is 1. The molecule has 7 nitrogen and oxygen atoms in total. The Morgan fingerprint density at radius 3 is 2.38 bits per heavy atom. The van der Waals surface area contributed by atoms with Gasteiger partial charge in [-0.05, 0) is 81.6 Å². The second-order valence-corrected chi connectivity index (χ2v) is 10.1. The summed E-state index contributed by atoms with van der Waals surface area (Å²) in [6, 6.07) is 12.7. The van der Waals surface area contributed by atoms with Gasteiger partial charge in [0.25, 0.3) is 0 Å². The fraction of sp³-hybridized carbons (Fsp3) is 0.400. The van der Waals surface area contributed by atoms with E-state index in [1.807, 2.05) is 18.2 Å². The molecule has 32 heavy (non-hydrogen) atoms. The summed E-state index contributed by atoms with van der Waals surface area (Å²) >= 11 is 0. The number of primary amides is 1. The van der Waals surface area contributed by atoms with Gasteiger partial charge in [-0.15, -0.1) is 10.2 Å². The van der Waals surface area contributed by atoms with Crippen LogP contribution in [0.15, 0.2) is 42.5 Å². The van der Waals surface area contributed by atoms with Gasteiger partial charge < -0.3 is 21.1 Å². The zero-order valence-electron chi connectivity index (χ0n) is 19.3. The van der Waals surface area contributed by atoms with Crippen molar-refractivity contribution in [3.8, 4) is 17.0 Å². The van der Waals surface area contributed by atoms with Gasteiger partial charge in [0.15, 0.2) is 5.82 Å². The molecule has 1 saturated heterocycles. The highest BCUT2D eigenvalue weighted by Gasteiger charge is 2.39. The summed E-state index contributed by atoms with van der Waals surface area (Å²) in [5, 5.41) is 24.6. The highest BCUT2D eigenvalue weighted by Crippen LogP contribution is 2.35. The molecule has 1 aliphatic heterocycles. The third-order valence-corrected chi connectivity index (χ3v) is 6.27. The number of benzene rings is 2. The number of piperidine rings is 1. The molecule has 7 heteroatoms. The summed E-state index contributed by atoms with van der Waals surface area (Å²) < 4.78 is 0. The number of phenols is 1. The lowest BCUT2D eigenvalue weighted by Gasteiger charge is -2.49. The molecule has 0 bridgehead atoms. The topological polar surface area (TPSA) is 104 Å². The summed E-state index contributed by atoms with van der Waals surface area (Å²) in [5.74, 6) is 0.352. The summed E-state index contributed by atoms with van der Waals surface area (Å²) in [6.45, 7) is 8.91. The highest BCUT2D eigenvalue weighted by molar-refractivity contribution is 6.07. The van der Waals surface area contributed by atoms with Gasteiger partial charge in [-0.1, -0.05) is 12.1 Å². The van der Waals surface area contributed by atoms with Crippen molar-refractivity contribution in [2.75, 3.05) is 11.9 Å². The molecule has 3 aromatic rings. The molecule has 0 saturated carbocycles. The minimum atomic E-state index is -0.511. The Bertz CT molecular complexity index is 1150.